The third kappa shape index (κ3) is 3.74. The highest BCUT2D eigenvalue weighted by Crippen LogP contribution is 2.25. The standard InChI is InChI=1S/C17H26N2O/c20-11-9-15-2-1-10-19(13-15)17-7-3-14(4-8-17)12-18-16-5-6-16/h3-4,7-8,15-16,18,20H,1-2,5-6,9-13H2. The molecule has 2 N–H and O–H groups in total. The molecule has 1 aliphatic carbocycles. The van der Waals surface area contributed by atoms with Crippen LogP contribution in [-0.2, 0) is 6.54 Å². The maximum absolute atomic E-state index is 9.10. The molecular formula is C17H26N2O. The summed E-state index contributed by atoms with van der Waals surface area (Å²) in [6, 6.07) is 9.79. The Kier molecular flexibility index (Phi) is 4.58. The van der Waals surface area contributed by atoms with Gasteiger partial charge in [0.15, 0.2) is 0 Å². The topological polar surface area (TPSA) is 35.5 Å². The highest BCUT2D eigenvalue weighted by Gasteiger charge is 2.21. The Bertz CT molecular complexity index is 412. The van der Waals surface area contributed by atoms with Crippen molar-refractivity contribution in [1.29, 1.82) is 0 Å². The van der Waals surface area contributed by atoms with E-state index in [0.29, 0.717) is 12.5 Å². The van der Waals surface area contributed by atoms with Gasteiger partial charge in [0.25, 0.3) is 0 Å². The molecular weight excluding hydrogens is 248 g/mol. The van der Waals surface area contributed by atoms with Crippen LogP contribution in [0.4, 0.5) is 5.69 Å². The number of aliphatic hydroxyl groups is 1. The Morgan fingerprint density at radius 2 is 1.95 bits per heavy atom. The summed E-state index contributed by atoms with van der Waals surface area (Å²) >= 11 is 0. The molecule has 1 aromatic rings. The van der Waals surface area contributed by atoms with Crippen molar-refractivity contribution in [2.75, 3.05) is 24.6 Å². The van der Waals surface area contributed by atoms with Crippen LogP contribution in [0.3, 0.4) is 0 Å². The fourth-order valence-corrected chi connectivity index (χ4v) is 3.09. The number of hydrogen-bond donors (Lipinski definition) is 2. The zero-order valence-corrected chi connectivity index (χ0v) is 12.2. The molecule has 110 valence electrons. The first-order chi connectivity index (χ1) is 9.85. The Balaban J connectivity index is 1.55. The minimum atomic E-state index is 0.324. The van der Waals surface area contributed by atoms with Crippen LogP contribution in [-0.4, -0.2) is 30.8 Å². The van der Waals surface area contributed by atoms with E-state index in [2.05, 4.69) is 34.5 Å². The molecule has 1 saturated heterocycles. The van der Waals surface area contributed by atoms with E-state index in [0.717, 1.165) is 32.1 Å². The number of nitrogens with zero attached hydrogens (tertiary/aromatic N) is 1. The van der Waals surface area contributed by atoms with Gasteiger partial charge in [0.1, 0.15) is 0 Å². The van der Waals surface area contributed by atoms with Gasteiger partial charge in [0, 0.05) is 38.0 Å². The number of anilines is 1. The lowest BCUT2D eigenvalue weighted by molar-refractivity contribution is 0.244. The Hall–Kier alpha value is -1.06. The maximum atomic E-state index is 9.10. The molecule has 0 spiro atoms. The minimum absolute atomic E-state index is 0.324. The Labute approximate surface area is 122 Å². The fraction of sp³-hybridized carbons (Fsp3) is 0.647. The second kappa shape index (κ2) is 6.59. The normalized spacial score (nSPS) is 23.1. The molecule has 0 aromatic heterocycles. The zero-order chi connectivity index (χ0) is 13.8. The Morgan fingerprint density at radius 3 is 2.65 bits per heavy atom. The lowest BCUT2D eigenvalue weighted by atomic mass is 9.94. The van der Waals surface area contributed by atoms with Crippen molar-refractivity contribution in [3.63, 3.8) is 0 Å². The van der Waals surface area contributed by atoms with E-state index < -0.39 is 0 Å². The third-order valence-electron chi connectivity index (χ3n) is 4.53. The smallest absolute Gasteiger partial charge is 0.0434 e. The van der Waals surface area contributed by atoms with Gasteiger partial charge < -0.3 is 15.3 Å². The number of aliphatic hydroxyl groups excluding tert-OH is 1. The fourth-order valence-electron chi connectivity index (χ4n) is 3.09. The van der Waals surface area contributed by atoms with E-state index in [9.17, 15) is 0 Å². The predicted octanol–water partition coefficient (Wildman–Crippen LogP) is 2.54. The van der Waals surface area contributed by atoms with Gasteiger partial charge in [-0.3, -0.25) is 0 Å². The highest BCUT2D eigenvalue weighted by molar-refractivity contribution is 5.48. The molecule has 0 bridgehead atoms. The largest absolute Gasteiger partial charge is 0.396 e. The SMILES string of the molecule is OCCC1CCCN(c2ccc(CNC3CC3)cc2)C1. The third-order valence-corrected chi connectivity index (χ3v) is 4.53. The van der Waals surface area contributed by atoms with Crippen LogP contribution in [0.2, 0.25) is 0 Å². The molecule has 1 aromatic carbocycles. The number of hydrogen-bond acceptors (Lipinski definition) is 3. The van der Waals surface area contributed by atoms with E-state index in [1.54, 1.807) is 0 Å². The van der Waals surface area contributed by atoms with E-state index in [-0.39, 0.29) is 0 Å². The van der Waals surface area contributed by atoms with Gasteiger partial charge in [-0.05, 0) is 55.7 Å². The molecule has 1 aliphatic heterocycles. The van der Waals surface area contributed by atoms with Crippen molar-refractivity contribution in [2.45, 2.75) is 44.7 Å². The van der Waals surface area contributed by atoms with E-state index >= 15 is 0 Å². The minimum Gasteiger partial charge on any atom is -0.396 e. The first-order valence-electron chi connectivity index (χ1n) is 8.03. The zero-order valence-electron chi connectivity index (χ0n) is 12.2. The molecule has 2 aliphatic rings. The van der Waals surface area contributed by atoms with Crippen LogP contribution in [0.5, 0.6) is 0 Å². The van der Waals surface area contributed by atoms with Gasteiger partial charge in [-0.2, -0.15) is 0 Å². The highest BCUT2D eigenvalue weighted by atomic mass is 16.3. The van der Waals surface area contributed by atoms with Gasteiger partial charge in [-0.1, -0.05) is 12.1 Å². The summed E-state index contributed by atoms with van der Waals surface area (Å²) in [5.74, 6) is 0.657. The first-order valence-corrected chi connectivity index (χ1v) is 8.03. The number of piperidine rings is 1. The summed E-state index contributed by atoms with van der Waals surface area (Å²) in [5, 5.41) is 12.6. The van der Waals surface area contributed by atoms with Crippen LogP contribution in [0.1, 0.15) is 37.7 Å². The van der Waals surface area contributed by atoms with Crippen molar-refractivity contribution < 1.29 is 5.11 Å². The van der Waals surface area contributed by atoms with Crippen molar-refractivity contribution in [3.8, 4) is 0 Å². The van der Waals surface area contributed by atoms with Crippen molar-refractivity contribution >= 4 is 5.69 Å². The summed E-state index contributed by atoms with van der Waals surface area (Å²) in [6.45, 7) is 3.57. The lowest BCUT2D eigenvalue weighted by Gasteiger charge is -2.34. The lowest BCUT2D eigenvalue weighted by Crippen LogP contribution is -2.35. The van der Waals surface area contributed by atoms with Crippen molar-refractivity contribution in [3.05, 3.63) is 29.8 Å². The molecule has 3 rings (SSSR count). The van der Waals surface area contributed by atoms with E-state index in [1.807, 2.05) is 0 Å². The number of nitrogens with one attached hydrogen (secondary N) is 1. The molecule has 1 atom stereocenters. The molecule has 0 amide bonds. The predicted molar refractivity (Wildman–Crippen MR) is 82.9 cm³/mol. The monoisotopic (exact) mass is 274 g/mol. The molecule has 0 radical (unpaired) electrons. The van der Waals surface area contributed by atoms with Crippen LogP contribution < -0.4 is 10.2 Å². The average Bonchev–Trinajstić information content (AvgIpc) is 3.31. The van der Waals surface area contributed by atoms with Crippen molar-refractivity contribution in [2.24, 2.45) is 5.92 Å². The van der Waals surface area contributed by atoms with E-state index in [1.165, 1.54) is 36.9 Å². The quantitative estimate of drug-likeness (QED) is 0.837. The molecule has 3 heteroatoms. The van der Waals surface area contributed by atoms with Crippen LogP contribution >= 0.6 is 0 Å². The summed E-state index contributed by atoms with van der Waals surface area (Å²) in [6.07, 6.45) is 6.15. The summed E-state index contributed by atoms with van der Waals surface area (Å²) in [7, 11) is 0. The average molecular weight is 274 g/mol. The molecule has 20 heavy (non-hydrogen) atoms. The van der Waals surface area contributed by atoms with Gasteiger partial charge in [-0.15, -0.1) is 0 Å². The van der Waals surface area contributed by atoms with Crippen LogP contribution in [0, 0.1) is 5.92 Å². The van der Waals surface area contributed by atoms with Crippen LogP contribution in [0.15, 0.2) is 24.3 Å². The van der Waals surface area contributed by atoms with Gasteiger partial charge in [-0.25, -0.2) is 0 Å². The van der Waals surface area contributed by atoms with Gasteiger partial charge in [0.05, 0.1) is 0 Å². The summed E-state index contributed by atoms with van der Waals surface area (Å²) in [5.41, 5.74) is 2.72. The summed E-state index contributed by atoms with van der Waals surface area (Å²) < 4.78 is 0. The number of benzene rings is 1. The molecule has 1 heterocycles. The van der Waals surface area contributed by atoms with Crippen LogP contribution in [0.25, 0.3) is 0 Å². The first kappa shape index (κ1) is 13.9. The second-order valence-corrected chi connectivity index (χ2v) is 6.29. The molecule has 1 unspecified atom stereocenters. The summed E-state index contributed by atoms with van der Waals surface area (Å²) in [4.78, 5) is 2.47. The second-order valence-electron chi connectivity index (χ2n) is 6.29. The van der Waals surface area contributed by atoms with Gasteiger partial charge in [0.2, 0.25) is 0 Å². The molecule has 3 nitrogen and oxygen atoms in total. The molecule has 2 fully saturated rings. The number of rotatable bonds is 6. The molecule has 1 saturated carbocycles. The van der Waals surface area contributed by atoms with Gasteiger partial charge >= 0.3 is 0 Å². The maximum Gasteiger partial charge on any atom is 0.0434 e. The Morgan fingerprint density at radius 1 is 1.15 bits per heavy atom. The van der Waals surface area contributed by atoms with E-state index in [4.69, 9.17) is 5.11 Å². The van der Waals surface area contributed by atoms with Crippen molar-refractivity contribution in [1.82, 2.24) is 5.32 Å².